The molecule has 4 heteroatoms. The number of unbranched alkanes of at least 4 members (excludes halogenated alkanes) is 10. The molecule has 0 amide bonds. The fourth-order valence-electron chi connectivity index (χ4n) is 3.47. The van der Waals surface area contributed by atoms with Crippen molar-refractivity contribution >= 4 is 22.6 Å². The molecule has 154 valence electrons. The van der Waals surface area contributed by atoms with Gasteiger partial charge in [0.1, 0.15) is 12.6 Å². The average molecular weight is 581 g/mol. The number of nitrogens with zero attached hydrogens (tertiary/aromatic N) is 1. The summed E-state index contributed by atoms with van der Waals surface area (Å²) in [6, 6.07) is 0. The minimum absolute atomic E-state index is 0. The van der Waals surface area contributed by atoms with Crippen molar-refractivity contribution in [3.05, 3.63) is 0 Å². The molecule has 0 heterocycles. The number of aliphatic hydroxyl groups is 1. The van der Waals surface area contributed by atoms with Gasteiger partial charge in [0.2, 0.25) is 0 Å². The molecule has 0 aromatic carbocycles. The van der Waals surface area contributed by atoms with Gasteiger partial charge in [-0.15, -0.1) is 0 Å². The van der Waals surface area contributed by atoms with Crippen LogP contribution >= 0.6 is 22.6 Å². The van der Waals surface area contributed by atoms with Crippen molar-refractivity contribution in [1.29, 1.82) is 0 Å². The van der Waals surface area contributed by atoms with Gasteiger partial charge in [0.25, 0.3) is 0 Å². The predicted molar refractivity (Wildman–Crippen MR) is 117 cm³/mol. The average Bonchev–Trinajstić information content (AvgIpc) is 2.49. The van der Waals surface area contributed by atoms with Gasteiger partial charge in [0.05, 0.1) is 20.6 Å². The quantitative estimate of drug-likeness (QED) is 0.121. The molecular formula is C21H45I2NO. The first-order valence-electron chi connectivity index (χ1n) is 10.5. The van der Waals surface area contributed by atoms with Crippen molar-refractivity contribution in [3.63, 3.8) is 0 Å². The summed E-state index contributed by atoms with van der Waals surface area (Å²) in [4.78, 5) is 0. The molecule has 0 aliphatic carbocycles. The lowest BCUT2D eigenvalue weighted by Gasteiger charge is -2.31. The number of rotatable bonds is 17. The number of alkyl halides is 1. The smallest absolute Gasteiger partial charge is 0.104 e. The van der Waals surface area contributed by atoms with Crippen molar-refractivity contribution in [2.45, 2.75) is 107 Å². The van der Waals surface area contributed by atoms with Crippen molar-refractivity contribution < 1.29 is 33.6 Å². The van der Waals surface area contributed by atoms with Gasteiger partial charge in [-0.2, -0.15) is 0 Å². The van der Waals surface area contributed by atoms with Crippen molar-refractivity contribution in [2.24, 2.45) is 0 Å². The van der Waals surface area contributed by atoms with Gasteiger partial charge >= 0.3 is 0 Å². The summed E-state index contributed by atoms with van der Waals surface area (Å²) >= 11 is 2.63. The normalized spacial score (nSPS) is 14.2. The number of hydrogen-bond donors (Lipinski definition) is 1. The van der Waals surface area contributed by atoms with Gasteiger partial charge in [-0.1, -0.05) is 100 Å². The highest BCUT2D eigenvalue weighted by atomic mass is 127. The summed E-state index contributed by atoms with van der Waals surface area (Å²) in [6.07, 6.45) is 18.2. The summed E-state index contributed by atoms with van der Waals surface area (Å²) in [5, 5.41) is 9.55. The first-order chi connectivity index (χ1) is 11.4. The zero-order valence-corrected chi connectivity index (χ0v) is 21.7. The summed E-state index contributed by atoms with van der Waals surface area (Å²) < 4.78 is 1.74. The highest BCUT2D eigenvalue weighted by Gasteiger charge is 2.19. The lowest BCUT2D eigenvalue weighted by atomic mass is 10.0. The van der Waals surface area contributed by atoms with Crippen LogP contribution in [0.1, 0.15) is 97.3 Å². The predicted octanol–water partition coefficient (Wildman–Crippen LogP) is 3.34. The molecule has 2 nitrogen and oxygen atoms in total. The molecule has 0 spiro atoms. The zero-order chi connectivity index (χ0) is 18.3. The highest BCUT2D eigenvalue weighted by Crippen LogP contribution is 2.18. The van der Waals surface area contributed by atoms with Crippen LogP contribution in [0.2, 0.25) is 0 Å². The topological polar surface area (TPSA) is 20.2 Å². The minimum Gasteiger partial charge on any atom is -1.00 e. The Bertz CT molecular complexity index is 273. The summed E-state index contributed by atoms with van der Waals surface area (Å²) in [7, 11) is 4.47. The molecule has 0 saturated carbocycles. The second kappa shape index (κ2) is 18.7. The molecule has 0 aliphatic rings. The Hall–Kier alpha value is 1.38. The maximum absolute atomic E-state index is 9.55. The lowest BCUT2D eigenvalue weighted by Crippen LogP contribution is -3.00. The van der Waals surface area contributed by atoms with Gasteiger partial charge in [-0.25, -0.2) is 0 Å². The summed E-state index contributed by atoms with van der Waals surface area (Å²) in [5.41, 5.74) is 0. The van der Waals surface area contributed by atoms with Crippen molar-refractivity contribution in [3.8, 4) is 0 Å². The van der Waals surface area contributed by atoms with Crippen molar-refractivity contribution in [1.82, 2.24) is 0 Å². The Kier molecular flexibility index (Phi) is 21.4. The molecule has 0 aliphatic heterocycles. The second-order valence-corrected chi connectivity index (χ2v) is 10.2. The summed E-state index contributed by atoms with van der Waals surface area (Å²) in [5.74, 6) is 0. The number of halogens is 2. The second-order valence-electron chi connectivity index (χ2n) is 8.40. The van der Waals surface area contributed by atoms with Crippen molar-refractivity contribution in [2.75, 3.05) is 27.2 Å². The third-order valence-corrected chi connectivity index (χ3v) is 6.17. The Morgan fingerprint density at radius 3 is 1.68 bits per heavy atom. The van der Waals surface area contributed by atoms with Gasteiger partial charge in [0, 0.05) is 10.3 Å². The molecule has 2 atom stereocenters. The van der Waals surface area contributed by atoms with E-state index in [1.165, 1.54) is 90.0 Å². The molecule has 0 radical (unpaired) electrons. The van der Waals surface area contributed by atoms with E-state index in [2.05, 4.69) is 43.6 Å². The minimum atomic E-state index is -0.195. The number of quaternary nitrogens is 1. The van der Waals surface area contributed by atoms with Crippen LogP contribution in [-0.4, -0.2) is 46.8 Å². The molecule has 2 unspecified atom stereocenters. The van der Waals surface area contributed by atoms with E-state index in [4.69, 9.17) is 0 Å². The van der Waals surface area contributed by atoms with Crippen LogP contribution in [0.15, 0.2) is 0 Å². The molecule has 0 rings (SSSR count). The van der Waals surface area contributed by atoms with Gasteiger partial charge in [0.15, 0.2) is 0 Å². The van der Waals surface area contributed by atoms with Crippen LogP contribution in [0.5, 0.6) is 0 Å². The van der Waals surface area contributed by atoms with Crippen LogP contribution in [0.25, 0.3) is 0 Å². The van der Waals surface area contributed by atoms with E-state index in [0.717, 1.165) is 15.0 Å². The first kappa shape index (κ1) is 28.6. The van der Waals surface area contributed by atoms with E-state index < -0.39 is 0 Å². The molecule has 25 heavy (non-hydrogen) atoms. The number of aliphatic hydroxyl groups excluding tert-OH is 1. The molecule has 0 aromatic heterocycles. The van der Waals surface area contributed by atoms with E-state index in [0.29, 0.717) is 0 Å². The van der Waals surface area contributed by atoms with Gasteiger partial charge in [-0.3, -0.25) is 0 Å². The molecule has 0 saturated heterocycles. The molecule has 0 fully saturated rings. The third kappa shape index (κ3) is 21.5. The molecular weight excluding hydrogens is 536 g/mol. The third-order valence-electron chi connectivity index (χ3n) is 4.93. The van der Waals surface area contributed by atoms with Crippen LogP contribution in [0.4, 0.5) is 0 Å². The van der Waals surface area contributed by atoms with Crippen LogP contribution < -0.4 is 24.0 Å². The highest BCUT2D eigenvalue weighted by molar-refractivity contribution is 14.1. The Balaban J connectivity index is 0. The number of likely N-dealkylation sites (N-methyl/N-ethyl adjacent to an activating group) is 1. The van der Waals surface area contributed by atoms with E-state index >= 15 is 0 Å². The molecule has 0 aromatic rings. The van der Waals surface area contributed by atoms with Gasteiger partial charge in [-0.05, 0) is 13.3 Å². The van der Waals surface area contributed by atoms with Crippen LogP contribution in [0.3, 0.4) is 0 Å². The Labute approximate surface area is 189 Å². The Morgan fingerprint density at radius 1 is 0.800 bits per heavy atom. The van der Waals surface area contributed by atoms with E-state index in [-0.39, 0.29) is 30.1 Å². The first-order valence-corrected chi connectivity index (χ1v) is 11.8. The van der Waals surface area contributed by atoms with Gasteiger partial charge < -0.3 is 33.6 Å². The monoisotopic (exact) mass is 581 g/mol. The van der Waals surface area contributed by atoms with Crippen LogP contribution in [-0.2, 0) is 0 Å². The van der Waals surface area contributed by atoms with E-state index in [9.17, 15) is 5.11 Å². The standard InChI is InChI=1S/C21H45INO.HI/c1-5-6-7-8-9-10-11-12-13-14-15-16-21(22)17-18-23(3,4)19-20(2)24;/h20-21,24H,5-19H2,1-4H3;1H/q+1;/p-1. The molecule has 0 bridgehead atoms. The maximum atomic E-state index is 9.55. The lowest BCUT2D eigenvalue weighted by molar-refractivity contribution is -0.893. The Morgan fingerprint density at radius 2 is 1.24 bits per heavy atom. The van der Waals surface area contributed by atoms with Crippen LogP contribution in [0, 0.1) is 0 Å². The fourth-order valence-corrected chi connectivity index (χ4v) is 4.19. The SMILES string of the molecule is CCCCCCCCCCCCCC(I)CC[N+](C)(C)CC(C)O.[I-]. The molecule has 1 N–H and O–H groups in total. The largest absolute Gasteiger partial charge is 1.00 e. The number of hydrogen-bond acceptors (Lipinski definition) is 1. The maximum Gasteiger partial charge on any atom is 0.104 e. The summed E-state index contributed by atoms with van der Waals surface area (Å²) in [6.45, 7) is 6.22. The fraction of sp³-hybridized carbons (Fsp3) is 1.00. The van der Waals surface area contributed by atoms with E-state index in [1.54, 1.807) is 0 Å². The van der Waals surface area contributed by atoms with E-state index in [1.807, 2.05) is 6.92 Å². The zero-order valence-electron chi connectivity index (χ0n) is 17.4.